The number of nitrogens with zero attached hydrogens (tertiary/aromatic N) is 7. The van der Waals surface area contributed by atoms with Crippen LogP contribution in [0, 0.1) is 12.3 Å². The maximum absolute atomic E-state index is 14.2. The van der Waals surface area contributed by atoms with Crippen LogP contribution in [0.5, 0.6) is 0 Å². The van der Waals surface area contributed by atoms with E-state index in [-0.39, 0.29) is 66.9 Å². The molecule has 2 aromatic carbocycles. The monoisotopic (exact) mass is 1150 g/mol. The Labute approximate surface area is 487 Å². The van der Waals surface area contributed by atoms with E-state index in [4.69, 9.17) is 17.3 Å². The number of piperazine rings is 1. The molecular formula is C61H86ClN11O7S. The number of halogens is 1. The fourth-order valence-corrected chi connectivity index (χ4v) is 12.9. The van der Waals surface area contributed by atoms with Gasteiger partial charge in [0, 0.05) is 82.2 Å². The van der Waals surface area contributed by atoms with Crippen molar-refractivity contribution >= 4 is 58.3 Å². The molecule has 1 unspecified atom stereocenters. The summed E-state index contributed by atoms with van der Waals surface area (Å²) in [6, 6.07) is 13.2. The number of likely N-dealkylation sites (tertiary alicyclic amines) is 1. The van der Waals surface area contributed by atoms with Crippen LogP contribution in [0.15, 0.2) is 60.4 Å². The van der Waals surface area contributed by atoms with Gasteiger partial charge in [-0.2, -0.15) is 0 Å². The van der Waals surface area contributed by atoms with Crippen molar-refractivity contribution in [2.45, 2.75) is 179 Å². The second-order valence-corrected chi connectivity index (χ2v) is 25.5. The SMILES string of the molecule is Cc1ncsc1-c1ccc([C@H](C)NC(=O)[C@@H]2C[C@@H](O)CN2C(=O)[C@@H](NC(=O)CCCCCCCCCC(=O)N2CCN(CCC(NC(=O)C3(N)CCN(c4ncnc5c4[C@H](C)C[C@H]5O)CC3)c3ccc(Cl)cc3)CC2)C(C)(C)C)cc1. The molecule has 0 spiro atoms. The van der Waals surface area contributed by atoms with Gasteiger partial charge in [-0.3, -0.25) is 28.9 Å². The lowest BCUT2D eigenvalue weighted by Crippen LogP contribution is -2.60. The number of thiazole rings is 1. The molecule has 81 heavy (non-hydrogen) atoms. The molecule has 0 saturated carbocycles. The number of anilines is 1. The Hall–Kier alpha value is -5.57. The van der Waals surface area contributed by atoms with Crippen LogP contribution in [0.25, 0.3) is 10.4 Å². The molecule has 4 aliphatic rings. The van der Waals surface area contributed by atoms with E-state index in [1.807, 2.05) is 93.6 Å². The highest BCUT2D eigenvalue weighted by atomic mass is 35.5. The van der Waals surface area contributed by atoms with Gasteiger partial charge >= 0.3 is 0 Å². The van der Waals surface area contributed by atoms with Crippen LogP contribution in [0.3, 0.4) is 0 Å². The minimum absolute atomic E-state index is 0.0151. The highest BCUT2D eigenvalue weighted by molar-refractivity contribution is 7.13. The number of fused-ring (bicyclic) bond motifs is 1. The molecule has 7 N–H and O–H groups in total. The number of benzene rings is 2. The van der Waals surface area contributed by atoms with Crippen LogP contribution in [-0.4, -0.2) is 145 Å². The largest absolute Gasteiger partial charge is 0.391 e. The van der Waals surface area contributed by atoms with Gasteiger partial charge in [-0.1, -0.05) is 108 Å². The van der Waals surface area contributed by atoms with E-state index in [0.29, 0.717) is 75.4 Å². The van der Waals surface area contributed by atoms with Gasteiger partial charge < -0.3 is 46.6 Å². The Kier molecular flexibility index (Phi) is 21.0. The smallest absolute Gasteiger partial charge is 0.246 e. The van der Waals surface area contributed by atoms with Crippen molar-refractivity contribution in [2.75, 3.05) is 57.3 Å². The molecule has 0 radical (unpaired) electrons. The zero-order valence-corrected chi connectivity index (χ0v) is 49.9. The highest BCUT2D eigenvalue weighted by Gasteiger charge is 2.45. The van der Waals surface area contributed by atoms with Crippen molar-refractivity contribution in [1.82, 2.24) is 45.6 Å². The van der Waals surface area contributed by atoms with E-state index in [9.17, 15) is 34.2 Å². The molecule has 1 aliphatic carbocycles. The van der Waals surface area contributed by atoms with E-state index in [1.165, 1.54) is 11.2 Å². The van der Waals surface area contributed by atoms with Crippen LogP contribution in [0.4, 0.5) is 5.82 Å². The van der Waals surface area contributed by atoms with Crippen molar-refractivity contribution in [3.05, 3.63) is 93.5 Å². The van der Waals surface area contributed by atoms with Crippen LogP contribution < -0.4 is 26.6 Å². The third-order valence-corrected chi connectivity index (χ3v) is 18.3. The van der Waals surface area contributed by atoms with E-state index >= 15 is 0 Å². The summed E-state index contributed by atoms with van der Waals surface area (Å²) in [5, 5.41) is 31.2. The molecule has 5 amide bonds. The molecule has 2 aromatic heterocycles. The highest BCUT2D eigenvalue weighted by Crippen LogP contribution is 2.43. The number of carbonyl (C=O) groups is 5. The molecular weight excluding hydrogens is 1070 g/mol. The summed E-state index contributed by atoms with van der Waals surface area (Å²) < 4.78 is 0. The van der Waals surface area contributed by atoms with Crippen LogP contribution in [0.2, 0.25) is 5.02 Å². The molecule has 3 fully saturated rings. The molecule has 18 nitrogen and oxygen atoms in total. The van der Waals surface area contributed by atoms with Crippen molar-refractivity contribution in [3.63, 3.8) is 0 Å². The number of aliphatic hydroxyl groups excluding tert-OH is 2. The summed E-state index contributed by atoms with van der Waals surface area (Å²) in [4.78, 5) is 90.8. The second-order valence-electron chi connectivity index (χ2n) is 24.2. The molecule has 20 heteroatoms. The maximum atomic E-state index is 14.2. The van der Waals surface area contributed by atoms with Crippen LogP contribution in [0.1, 0.15) is 177 Å². The number of amides is 5. The molecule has 0 bridgehead atoms. The summed E-state index contributed by atoms with van der Waals surface area (Å²) in [6.07, 6.45) is 9.52. The van der Waals surface area contributed by atoms with Gasteiger partial charge in [0.2, 0.25) is 29.5 Å². The van der Waals surface area contributed by atoms with Gasteiger partial charge in [0.15, 0.2) is 0 Å². The van der Waals surface area contributed by atoms with Gasteiger partial charge in [-0.25, -0.2) is 15.0 Å². The molecule has 4 aromatic rings. The van der Waals surface area contributed by atoms with Crippen LogP contribution in [-0.2, 0) is 24.0 Å². The summed E-state index contributed by atoms with van der Waals surface area (Å²) in [5.41, 5.74) is 12.6. The zero-order chi connectivity index (χ0) is 58.0. The zero-order valence-electron chi connectivity index (χ0n) is 48.3. The van der Waals surface area contributed by atoms with Gasteiger partial charge in [0.05, 0.1) is 51.6 Å². The molecule has 5 heterocycles. The number of carbonyl (C=O) groups excluding carboxylic acids is 5. The average Bonchev–Trinajstić information content (AvgIpc) is 4.38. The van der Waals surface area contributed by atoms with Crippen molar-refractivity contribution in [3.8, 4) is 10.4 Å². The normalized spacial score (nSPS) is 21.3. The predicted molar refractivity (Wildman–Crippen MR) is 316 cm³/mol. The van der Waals surface area contributed by atoms with Gasteiger partial charge in [-0.05, 0) is 92.5 Å². The third-order valence-electron chi connectivity index (χ3n) is 17.1. The van der Waals surface area contributed by atoms with E-state index in [0.717, 1.165) is 96.8 Å². The first kappa shape index (κ1) is 61.5. The number of aliphatic hydroxyl groups is 2. The van der Waals surface area contributed by atoms with E-state index in [1.54, 1.807) is 11.3 Å². The molecule has 3 saturated heterocycles. The first-order valence-corrected chi connectivity index (χ1v) is 30.7. The minimum Gasteiger partial charge on any atom is -0.391 e. The second kappa shape index (κ2) is 27.7. The third kappa shape index (κ3) is 15.8. The van der Waals surface area contributed by atoms with Gasteiger partial charge in [-0.15, -0.1) is 11.3 Å². The minimum atomic E-state index is -1.05. The Morgan fingerprint density at radius 1 is 0.815 bits per heavy atom. The first-order chi connectivity index (χ1) is 38.7. The summed E-state index contributed by atoms with van der Waals surface area (Å²) >= 11 is 7.85. The van der Waals surface area contributed by atoms with E-state index in [2.05, 4.69) is 47.6 Å². The fourth-order valence-electron chi connectivity index (χ4n) is 12.0. The number of aromatic nitrogens is 3. The number of hydrogen-bond donors (Lipinski definition) is 6. The maximum Gasteiger partial charge on any atom is 0.246 e. The Bertz CT molecular complexity index is 2780. The Morgan fingerprint density at radius 3 is 2.10 bits per heavy atom. The standard InChI is InChI=1S/C61H86ClN11O7S/c1-39-34-49(75)53-52(39)56(65-37-64-53)72-28-25-61(63,26-29-72)59(80)68-47(43-20-22-45(62)23-21-43)24-27-70-30-32-71(33-31-70)51(77)15-13-11-9-7-8-10-12-14-50(76)69-55(60(4,5)6)58(79)73-36-46(74)35-48(73)57(78)67-40(2)42-16-18-44(19-17-42)54-41(3)66-38-81-54/h16-23,37-40,46-49,55,74-75H,7-15,24-36,63H2,1-6H3,(H,67,78)(H,68,80)(H,69,76)/t39-,40+,46-,47?,48+,49-,55-/m1/s1. The lowest BCUT2D eigenvalue weighted by molar-refractivity contribution is -0.144. The number of piperidine rings is 1. The fraction of sp³-hybridized carbons (Fsp3) is 0.607. The Morgan fingerprint density at radius 2 is 1.46 bits per heavy atom. The average molecular weight is 1150 g/mol. The lowest BCUT2D eigenvalue weighted by Gasteiger charge is -2.40. The number of unbranched alkanes of at least 4 members (excludes halogenated alkanes) is 6. The predicted octanol–water partition coefficient (Wildman–Crippen LogP) is 7.67. The van der Waals surface area contributed by atoms with Crippen molar-refractivity contribution < 1.29 is 34.2 Å². The number of hydrogen-bond acceptors (Lipinski definition) is 14. The first-order valence-electron chi connectivity index (χ1n) is 29.4. The molecule has 7 atom stereocenters. The van der Waals surface area contributed by atoms with E-state index < -0.39 is 35.2 Å². The number of nitrogens with one attached hydrogen (secondary N) is 3. The van der Waals surface area contributed by atoms with Crippen molar-refractivity contribution in [2.24, 2.45) is 11.1 Å². The van der Waals surface area contributed by atoms with Gasteiger partial charge in [0.1, 0.15) is 24.2 Å². The number of β-amino-alcohol motifs (C(OH)–C–C–N with tert-alkyl or cyclic N) is 1. The summed E-state index contributed by atoms with van der Waals surface area (Å²) in [6.45, 7) is 16.3. The van der Waals surface area contributed by atoms with Crippen LogP contribution >= 0.6 is 22.9 Å². The molecule has 8 rings (SSSR count). The van der Waals surface area contributed by atoms with Crippen molar-refractivity contribution in [1.29, 1.82) is 0 Å². The quantitative estimate of drug-likeness (QED) is 0.0392. The molecule has 440 valence electrons. The number of nitrogens with two attached hydrogens (primary N) is 1. The number of aryl methyl sites for hydroxylation is 1. The summed E-state index contributed by atoms with van der Waals surface area (Å²) in [5.74, 6) is 0.0446. The Balaban J connectivity index is 0.698. The summed E-state index contributed by atoms with van der Waals surface area (Å²) in [7, 11) is 0. The lowest BCUT2D eigenvalue weighted by atomic mass is 9.85. The van der Waals surface area contributed by atoms with Gasteiger partial charge in [0.25, 0.3) is 0 Å². The number of rotatable bonds is 23. The molecule has 3 aliphatic heterocycles. The topological polar surface area (TPSA) is 240 Å².